The molecule has 1 aromatic heterocycles. The van der Waals surface area contributed by atoms with E-state index in [0.29, 0.717) is 41.4 Å². The highest BCUT2D eigenvalue weighted by atomic mass is 16.5. The largest absolute Gasteiger partial charge is 0.507 e. The summed E-state index contributed by atoms with van der Waals surface area (Å²) in [6.07, 6.45) is 2.15. The fourth-order valence-electron chi connectivity index (χ4n) is 4.01. The SMILES string of the molecule is Cc1ncc(/C(O)=C2\C(=O)C(=O)N(CCCN(C)C)C2c2cccc(OC(C)C)c2)c(C)n1. The maximum atomic E-state index is 13.2. The van der Waals surface area contributed by atoms with E-state index >= 15 is 0 Å². The first kappa shape index (κ1) is 24.4. The van der Waals surface area contributed by atoms with Crippen molar-refractivity contribution >= 4 is 17.4 Å². The molecule has 1 unspecified atom stereocenters. The maximum Gasteiger partial charge on any atom is 0.295 e. The Kier molecular flexibility index (Phi) is 7.48. The molecule has 1 aliphatic heterocycles. The molecule has 0 saturated carbocycles. The highest BCUT2D eigenvalue weighted by Gasteiger charge is 2.46. The van der Waals surface area contributed by atoms with E-state index in [1.165, 1.54) is 11.1 Å². The number of aliphatic hydroxyl groups is 1. The predicted octanol–water partition coefficient (Wildman–Crippen LogP) is 3.25. The van der Waals surface area contributed by atoms with Crippen molar-refractivity contribution in [2.45, 2.75) is 46.3 Å². The van der Waals surface area contributed by atoms with E-state index in [1.54, 1.807) is 13.8 Å². The highest BCUT2D eigenvalue weighted by molar-refractivity contribution is 6.46. The van der Waals surface area contributed by atoms with Crippen molar-refractivity contribution in [2.75, 3.05) is 27.2 Å². The molecule has 1 amide bonds. The van der Waals surface area contributed by atoms with Gasteiger partial charge in [-0.2, -0.15) is 0 Å². The number of aliphatic hydroxyl groups excluding tert-OH is 1. The number of benzene rings is 1. The van der Waals surface area contributed by atoms with Gasteiger partial charge in [-0.05, 0) is 72.5 Å². The number of hydrogen-bond donors (Lipinski definition) is 1. The van der Waals surface area contributed by atoms with Crippen LogP contribution in [0.3, 0.4) is 0 Å². The Bertz CT molecular complexity index is 1080. The first-order chi connectivity index (χ1) is 15.6. The number of Topliss-reactive ketones (excluding diaryl/α,β-unsaturated/α-hetero) is 1. The van der Waals surface area contributed by atoms with Crippen molar-refractivity contribution < 1.29 is 19.4 Å². The van der Waals surface area contributed by atoms with Crippen LogP contribution >= 0.6 is 0 Å². The van der Waals surface area contributed by atoms with Gasteiger partial charge in [-0.1, -0.05) is 12.1 Å². The van der Waals surface area contributed by atoms with Crippen LogP contribution in [0.25, 0.3) is 5.76 Å². The lowest BCUT2D eigenvalue weighted by molar-refractivity contribution is -0.139. The predicted molar refractivity (Wildman–Crippen MR) is 126 cm³/mol. The van der Waals surface area contributed by atoms with Crippen LogP contribution in [0.2, 0.25) is 0 Å². The number of rotatable bonds is 8. The first-order valence-corrected chi connectivity index (χ1v) is 11.1. The Morgan fingerprint density at radius 3 is 2.61 bits per heavy atom. The molecule has 2 aromatic rings. The average molecular weight is 453 g/mol. The Morgan fingerprint density at radius 1 is 1.24 bits per heavy atom. The monoisotopic (exact) mass is 452 g/mol. The maximum absolute atomic E-state index is 13.2. The molecule has 1 aliphatic rings. The minimum Gasteiger partial charge on any atom is -0.507 e. The summed E-state index contributed by atoms with van der Waals surface area (Å²) in [5.74, 6) is -0.403. The molecule has 0 bridgehead atoms. The van der Waals surface area contributed by atoms with Crippen molar-refractivity contribution in [3.63, 3.8) is 0 Å². The summed E-state index contributed by atoms with van der Waals surface area (Å²) in [5.41, 5.74) is 1.62. The van der Waals surface area contributed by atoms with Crippen molar-refractivity contribution in [1.82, 2.24) is 19.8 Å². The van der Waals surface area contributed by atoms with E-state index < -0.39 is 17.7 Å². The van der Waals surface area contributed by atoms with E-state index in [1.807, 2.05) is 57.1 Å². The lowest BCUT2D eigenvalue weighted by atomic mass is 9.95. The average Bonchev–Trinajstić information content (AvgIpc) is 2.98. The summed E-state index contributed by atoms with van der Waals surface area (Å²) in [4.78, 5) is 38.3. The van der Waals surface area contributed by atoms with Gasteiger partial charge in [0.15, 0.2) is 0 Å². The number of aryl methyl sites for hydroxylation is 2. The molecule has 3 rings (SSSR count). The Balaban J connectivity index is 2.13. The fraction of sp³-hybridized carbons (Fsp3) is 0.440. The second kappa shape index (κ2) is 10.1. The topological polar surface area (TPSA) is 95.9 Å². The third kappa shape index (κ3) is 5.39. The summed E-state index contributed by atoms with van der Waals surface area (Å²) in [5, 5.41) is 11.2. The van der Waals surface area contributed by atoms with Crippen molar-refractivity contribution in [2.24, 2.45) is 0 Å². The summed E-state index contributed by atoms with van der Waals surface area (Å²) in [6.45, 7) is 8.49. The van der Waals surface area contributed by atoms with Gasteiger partial charge in [-0.3, -0.25) is 9.59 Å². The minimum atomic E-state index is -0.733. The van der Waals surface area contributed by atoms with Gasteiger partial charge >= 0.3 is 0 Å². The second-order valence-electron chi connectivity index (χ2n) is 8.80. The van der Waals surface area contributed by atoms with E-state index in [2.05, 4.69) is 9.97 Å². The van der Waals surface area contributed by atoms with E-state index in [0.717, 1.165) is 6.54 Å². The molecule has 1 aromatic carbocycles. The second-order valence-corrected chi connectivity index (χ2v) is 8.80. The summed E-state index contributed by atoms with van der Waals surface area (Å²) < 4.78 is 5.83. The summed E-state index contributed by atoms with van der Waals surface area (Å²) in [6, 6.07) is 6.59. The van der Waals surface area contributed by atoms with Crippen LogP contribution in [-0.4, -0.2) is 69.9 Å². The van der Waals surface area contributed by atoms with E-state index in [9.17, 15) is 14.7 Å². The van der Waals surface area contributed by atoms with Crippen LogP contribution in [0.4, 0.5) is 0 Å². The standard InChI is InChI=1S/C25H32N4O4/c1-15(2)33-19-10-7-9-18(13-19)22-21(23(30)20-14-26-17(4)27-16(20)3)24(31)25(32)29(22)12-8-11-28(5)6/h7,9-10,13-15,22,30H,8,11-12H2,1-6H3/b23-21+. The van der Waals surface area contributed by atoms with Crippen molar-refractivity contribution in [3.05, 3.63) is 58.7 Å². The Labute approximate surface area is 194 Å². The van der Waals surface area contributed by atoms with Gasteiger partial charge in [0.25, 0.3) is 11.7 Å². The van der Waals surface area contributed by atoms with Gasteiger partial charge in [-0.25, -0.2) is 9.97 Å². The van der Waals surface area contributed by atoms with Gasteiger partial charge < -0.3 is 19.6 Å². The van der Waals surface area contributed by atoms with Gasteiger partial charge in [0.1, 0.15) is 17.3 Å². The number of nitrogens with zero attached hydrogens (tertiary/aromatic N) is 4. The molecule has 33 heavy (non-hydrogen) atoms. The third-order valence-corrected chi connectivity index (χ3v) is 5.44. The number of amides is 1. The van der Waals surface area contributed by atoms with Crippen LogP contribution in [0.1, 0.15) is 49.0 Å². The van der Waals surface area contributed by atoms with Crippen LogP contribution < -0.4 is 4.74 Å². The molecule has 2 heterocycles. The number of aromatic nitrogens is 2. The summed E-state index contributed by atoms with van der Waals surface area (Å²) >= 11 is 0. The molecular weight excluding hydrogens is 420 g/mol. The van der Waals surface area contributed by atoms with Gasteiger partial charge in [0.05, 0.1) is 29.0 Å². The molecule has 1 atom stereocenters. The van der Waals surface area contributed by atoms with E-state index in [-0.39, 0.29) is 17.4 Å². The first-order valence-electron chi connectivity index (χ1n) is 11.1. The van der Waals surface area contributed by atoms with Gasteiger partial charge in [0, 0.05) is 12.7 Å². The third-order valence-electron chi connectivity index (χ3n) is 5.44. The van der Waals surface area contributed by atoms with Gasteiger partial charge in [0.2, 0.25) is 0 Å². The molecule has 8 nitrogen and oxygen atoms in total. The molecule has 0 aliphatic carbocycles. The quantitative estimate of drug-likeness (QED) is 0.373. The molecule has 1 saturated heterocycles. The zero-order valence-electron chi connectivity index (χ0n) is 20.1. The van der Waals surface area contributed by atoms with Crippen LogP contribution in [0, 0.1) is 13.8 Å². The number of ether oxygens (including phenoxy) is 1. The van der Waals surface area contributed by atoms with Crippen LogP contribution in [-0.2, 0) is 9.59 Å². The molecule has 0 spiro atoms. The highest BCUT2D eigenvalue weighted by Crippen LogP contribution is 2.40. The number of ketones is 1. The van der Waals surface area contributed by atoms with Gasteiger partial charge in [-0.15, -0.1) is 0 Å². The molecule has 1 N–H and O–H groups in total. The van der Waals surface area contributed by atoms with Crippen LogP contribution in [0.15, 0.2) is 36.0 Å². The van der Waals surface area contributed by atoms with Crippen molar-refractivity contribution in [1.29, 1.82) is 0 Å². The number of likely N-dealkylation sites (tertiary alicyclic amines) is 1. The molecule has 1 fully saturated rings. The zero-order valence-corrected chi connectivity index (χ0v) is 20.1. The summed E-state index contributed by atoms with van der Waals surface area (Å²) in [7, 11) is 3.91. The number of carbonyl (C=O) groups excluding carboxylic acids is 2. The number of hydrogen-bond acceptors (Lipinski definition) is 7. The van der Waals surface area contributed by atoms with Crippen molar-refractivity contribution in [3.8, 4) is 5.75 Å². The van der Waals surface area contributed by atoms with Crippen LogP contribution in [0.5, 0.6) is 5.75 Å². The minimum absolute atomic E-state index is 0.0286. The molecular formula is C25H32N4O4. The Hall–Kier alpha value is -3.26. The lowest BCUT2D eigenvalue weighted by Crippen LogP contribution is -2.32. The molecule has 0 radical (unpaired) electrons. The number of carbonyl (C=O) groups is 2. The zero-order chi connectivity index (χ0) is 24.3. The molecule has 8 heteroatoms. The molecule has 176 valence electrons. The van der Waals surface area contributed by atoms with E-state index in [4.69, 9.17) is 4.74 Å². The Morgan fingerprint density at radius 2 is 1.97 bits per heavy atom. The normalized spacial score (nSPS) is 17.9. The smallest absolute Gasteiger partial charge is 0.295 e. The fourth-order valence-corrected chi connectivity index (χ4v) is 4.01. The lowest BCUT2D eigenvalue weighted by Gasteiger charge is -2.26.